The van der Waals surface area contributed by atoms with Gasteiger partial charge >= 0.3 is 5.97 Å². The number of methoxy groups -OCH3 is 1. The van der Waals surface area contributed by atoms with Crippen LogP contribution in [-0.2, 0) is 9.53 Å². The van der Waals surface area contributed by atoms with Crippen molar-refractivity contribution in [3.05, 3.63) is 35.4 Å². The van der Waals surface area contributed by atoms with E-state index in [4.69, 9.17) is 4.74 Å². The smallest absolute Gasteiger partial charge is 0.322 e. The second-order valence-corrected chi connectivity index (χ2v) is 5.07. The first-order chi connectivity index (χ1) is 8.63. The number of carbonyl (C=O) groups is 1. The Morgan fingerprint density at radius 2 is 2.00 bits per heavy atom. The zero-order chi connectivity index (χ0) is 13.1. The van der Waals surface area contributed by atoms with Gasteiger partial charge in [-0.2, -0.15) is 0 Å². The molecule has 0 saturated carbocycles. The van der Waals surface area contributed by atoms with Crippen LogP contribution in [-0.4, -0.2) is 19.1 Å². The molecule has 1 aliphatic rings. The summed E-state index contributed by atoms with van der Waals surface area (Å²) in [5, 5.41) is 3.37. The Labute approximate surface area is 109 Å². The summed E-state index contributed by atoms with van der Waals surface area (Å²) in [7, 11) is 1.43. The van der Waals surface area contributed by atoms with E-state index in [2.05, 4.69) is 36.5 Å². The van der Waals surface area contributed by atoms with E-state index in [9.17, 15) is 4.79 Å². The van der Waals surface area contributed by atoms with Crippen molar-refractivity contribution in [3.63, 3.8) is 0 Å². The molecular weight excluding hydrogens is 226 g/mol. The third-order valence-electron chi connectivity index (χ3n) is 3.80. The summed E-state index contributed by atoms with van der Waals surface area (Å²) in [4.78, 5) is 11.5. The van der Waals surface area contributed by atoms with E-state index in [1.165, 1.54) is 18.2 Å². The largest absolute Gasteiger partial charge is 0.468 e. The normalized spacial score (nSPS) is 24.2. The highest BCUT2D eigenvalue weighted by molar-refractivity contribution is 5.75. The number of fused-ring (bicyclic) bond motifs is 1. The van der Waals surface area contributed by atoms with Crippen LogP contribution in [0.2, 0.25) is 0 Å². The number of benzene rings is 1. The molecule has 1 aromatic rings. The van der Waals surface area contributed by atoms with Crippen molar-refractivity contribution >= 4 is 5.97 Å². The number of hydrogen-bond donors (Lipinski definition) is 1. The maximum Gasteiger partial charge on any atom is 0.322 e. The van der Waals surface area contributed by atoms with Crippen LogP contribution in [0.15, 0.2) is 24.3 Å². The van der Waals surface area contributed by atoms with Crippen molar-refractivity contribution in [2.75, 3.05) is 7.11 Å². The van der Waals surface area contributed by atoms with Gasteiger partial charge in [-0.25, -0.2) is 0 Å². The van der Waals surface area contributed by atoms with Crippen LogP contribution < -0.4 is 5.32 Å². The molecule has 3 heteroatoms. The van der Waals surface area contributed by atoms with Crippen molar-refractivity contribution in [2.24, 2.45) is 0 Å². The number of hydrogen-bond acceptors (Lipinski definition) is 3. The van der Waals surface area contributed by atoms with Gasteiger partial charge in [0.2, 0.25) is 0 Å². The summed E-state index contributed by atoms with van der Waals surface area (Å²) < 4.78 is 4.76. The van der Waals surface area contributed by atoms with Gasteiger partial charge in [0.25, 0.3) is 0 Å². The fourth-order valence-corrected chi connectivity index (χ4v) is 2.72. The summed E-state index contributed by atoms with van der Waals surface area (Å²) in [6.45, 7) is 4.12. The molecular formula is C15H21NO2. The summed E-state index contributed by atoms with van der Waals surface area (Å²) in [5.74, 6) is 0.402. The Balaban J connectivity index is 2.16. The molecule has 0 amide bonds. The fourth-order valence-electron chi connectivity index (χ4n) is 2.72. The fraction of sp³-hybridized carbons (Fsp3) is 0.533. The Hall–Kier alpha value is -1.35. The minimum Gasteiger partial charge on any atom is -0.468 e. The third-order valence-corrected chi connectivity index (χ3v) is 3.80. The van der Waals surface area contributed by atoms with Crippen LogP contribution in [0.25, 0.3) is 0 Å². The Bertz CT molecular complexity index is 430. The third kappa shape index (κ3) is 2.56. The van der Waals surface area contributed by atoms with Crippen molar-refractivity contribution in [1.82, 2.24) is 5.32 Å². The lowest BCUT2D eigenvalue weighted by molar-refractivity contribution is -0.142. The molecule has 1 aromatic carbocycles. The van der Waals surface area contributed by atoms with Gasteiger partial charge in [-0.15, -0.1) is 0 Å². The number of rotatable bonds is 3. The van der Waals surface area contributed by atoms with Gasteiger partial charge in [0, 0.05) is 6.04 Å². The average molecular weight is 247 g/mol. The van der Waals surface area contributed by atoms with Gasteiger partial charge in [-0.3, -0.25) is 10.1 Å². The molecule has 1 aliphatic carbocycles. The second kappa shape index (κ2) is 5.53. The molecule has 2 rings (SSSR count). The zero-order valence-corrected chi connectivity index (χ0v) is 11.3. The molecule has 1 N–H and O–H groups in total. The number of carbonyl (C=O) groups excluding carboxylic acids is 1. The second-order valence-electron chi connectivity index (χ2n) is 5.07. The standard InChI is InChI=1S/C15H21NO2/c1-10-8-9-14(16-11(2)15(17)18-3)13-7-5-4-6-12(10)13/h4-7,10-11,14,16H,8-9H2,1-3H3. The number of esters is 1. The minimum absolute atomic E-state index is 0.203. The van der Waals surface area contributed by atoms with Crippen molar-refractivity contribution < 1.29 is 9.53 Å². The van der Waals surface area contributed by atoms with E-state index in [-0.39, 0.29) is 18.1 Å². The van der Waals surface area contributed by atoms with Crippen molar-refractivity contribution in [3.8, 4) is 0 Å². The molecule has 98 valence electrons. The quantitative estimate of drug-likeness (QED) is 0.835. The summed E-state index contributed by atoms with van der Waals surface area (Å²) in [6.07, 6.45) is 2.22. The van der Waals surface area contributed by atoms with Gasteiger partial charge in [0.15, 0.2) is 0 Å². The Kier molecular flexibility index (Phi) is 4.02. The molecule has 0 spiro atoms. The molecule has 3 atom stereocenters. The Morgan fingerprint density at radius 1 is 1.33 bits per heavy atom. The molecule has 0 aliphatic heterocycles. The highest BCUT2D eigenvalue weighted by Gasteiger charge is 2.26. The van der Waals surface area contributed by atoms with Gasteiger partial charge in [0.1, 0.15) is 6.04 Å². The van der Waals surface area contributed by atoms with Crippen LogP contribution in [0.3, 0.4) is 0 Å². The Morgan fingerprint density at radius 3 is 2.67 bits per heavy atom. The van der Waals surface area contributed by atoms with Crippen molar-refractivity contribution in [2.45, 2.75) is 44.7 Å². The molecule has 0 bridgehead atoms. The molecule has 18 heavy (non-hydrogen) atoms. The first-order valence-corrected chi connectivity index (χ1v) is 6.56. The van der Waals surface area contributed by atoms with Crippen LogP contribution in [0.1, 0.15) is 49.8 Å². The van der Waals surface area contributed by atoms with Crippen LogP contribution >= 0.6 is 0 Å². The molecule has 0 fully saturated rings. The van der Waals surface area contributed by atoms with Gasteiger partial charge in [-0.1, -0.05) is 31.2 Å². The summed E-state index contributed by atoms with van der Waals surface area (Å²) in [5.41, 5.74) is 2.73. The molecule has 3 nitrogen and oxygen atoms in total. The minimum atomic E-state index is -0.263. The van der Waals surface area contributed by atoms with E-state index in [0.29, 0.717) is 5.92 Å². The lowest BCUT2D eigenvalue weighted by atomic mass is 9.81. The van der Waals surface area contributed by atoms with Gasteiger partial charge in [-0.05, 0) is 36.8 Å². The predicted molar refractivity (Wildman–Crippen MR) is 71.4 cm³/mol. The molecule has 0 saturated heterocycles. The van der Waals surface area contributed by atoms with Crippen molar-refractivity contribution in [1.29, 1.82) is 0 Å². The van der Waals surface area contributed by atoms with E-state index in [1.54, 1.807) is 0 Å². The van der Waals surface area contributed by atoms with Gasteiger partial charge < -0.3 is 4.74 Å². The first-order valence-electron chi connectivity index (χ1n) is 6.56. The highest BCUT2D eigenvalue weighted by Crippen LogP contribution is 2.37. The van der Waals surface area contributed by atoms with E-state index in [0.717, 1.165) is 12.8 Å². The van der Waals surface area contributed by atoms with E-state index < -0.39 is 0 Å². The molecule has 0 heterocycles. The topological polar surface area (TPSA) is 38.3 Å². The average Bonchev–Trinajstić information content (AvgIpc) is 2.41. The SMILES string of the molecule is COC(=O)C(C)NC1CCC(C)c2ccccc21. The zero-order valence-electron chi connectivity index (χ0n) is 11.3. The van der Waals surface area contributed by atoms with Crippen LogP contribution in [0, 0.1) is 0 Å². The molecule has 0 radical (unpaired) electrons. The number of nitrogens with one attached hydrogen (secondary N) is 1. The predicted octanol–water partition coefficient (Wildman–Crippen LogP) is 2.78. The van der Waals surface area contributed by atoms with E-state index in [1.807, 2.05) is 6.92 Å². The monoisotopic (exact) mass is 247 g/mol. The molecule has 0 aromatic heterocycles. The van der Waals surface area contributed by atoms with Gasteiger partial charge in [0.05, 0.1) is 7.11 Å². The first kappa shape index (κ1) is 13.1. The molecule has 3 unspecified atom stereocenters. The summed E-state index contributed by atoms with van der Waals surface area (Å²) >= 11 is 0. The van der Waals surface area contributed by atoms with Crippen LogP contribution in [0.4, 0.5) is 0 Å². The lowest BCUT2D eigenvalue weighted by Crippen LogP contribution is -2.39. The maximum atomic E-state index is 11.5. The summed E-state index contributed by atoms with van der Waals surface area (Å²) in [6, 6.07) is 8.49. The highest BCUT2D eigenvalue weighted by atomic mass is 16.5. The maximum absolute atomic E-state index is 11.5. The lowest BCUT2D eigenvalue weighted by Gasteiger charge is -2.31. The number of ether oxygens (including phenoxy) is 1. The van der Waals surface area contributed by atoms with Crippen LogP contribution in [0.5, 0.6) is 0 Å². The van der Waals surface area contributed by atoms with E-state index >= 15 is 0 Å².